The topological polar surface area (TPSA) is 73.2 Å². The van der Waals surface area contributed by atoms with Crippen molar-refractivity contribution < 1.29 is 19.7 Å². The first-order chi connectivity index (χ1) is 30.2. The highest BCUT2D eigenvalue weighted by atomic mass is 16.5. The number of esters is 1. The maximum absolute atomic E-state index is 12.2. The van der Waals surface area contributed by atoms with Crippen LogP contribution in [-0.2, 0) is 9.53 Å². The normalized spacial score (nSPS) is 11.9. The van der Waals surface area contributed by atoms with E-state index in [9.17, 15) is 15.0 Å². The van der Waals surface area contributed by atoms with Crippen molar-refractivity contribution in [2.45, 2.75) is 277 Å². The number of carbonyl (C=O) groups is 1. The Labute approximate surface area is 382 Å². The van der Waals surface area contributed by atoms with E-state index < -0.39 is 0 Å². The van der Waals surface area contributed by atoms with E-state index in [-0.39, 0.29) is 19.2 Å². The molecule has 61 heavy (non-hydrogen) atoms. The van der Waals surface area contributed by atoms with Crippen LogP contribution in [0.4, 0.5) is 0 Å². The molecule has 0 aliphatic carbocycles. The molecule has 0 spiro atoms. The van der Waals surface area contributed by atoms with Gasteiger partial charge in [0.15, 0.2) is 0 Å². The number of hydrogen-bond acceptors (Lipinski definition) is 6. The molecule has 0 aliphatic heterocycles. The number of carbonyl (C=O) groups excluding carboxylic acids is 1. The zero-order chi connectivity index (χ0) is 44.2. The van der Waals surface area contributed by atoms with E-state index in [0.29, 0.717) is 13.0 Å². The molecule has 0 radical (unpaired) electrons. The summed E-state index contributed by atoms with van der Waals surface area (Å²) in [5, 5.41) is 19.0. The van der Waals surface area contributed by atoms with Gasteiger partial charge in [0.05, 0.1) is 19.8 Å². The van der Waals surface area contributed by atoms with Crippen LogP contribution < -0.4 is 0 Å². The standard InChI is InChI=1S/C55H110N2O4/c1-3-5-7-9-11-13-15-16-17-18-19-20-23-29-35-41-47-56(50-52-58)48-42-36-30-24-21-25-32-38-44-54-61-55(60)45-39-33-27-26-31-37-43-49-57(51-53-59)46-40-34-28-22-14-12-10-8-6-4-2/h16-17,58-59H,3-15,18-54H2,1-2H3/b17-16-. The van der Waals surface area contributed by atoms with E-state index in [4.69, 9.17) is 4.74 Å². The number of hydrogen-bond donors (Lipinski definition) is 2. The minimum Gasteiger partial charge on any atom is -0.466 e. The lowest BCUT2D eigenvalue weighted by Crippen LogP contribution is -2.29. The second-order valence-corrected chi connectivity index (χ2v) is 18.9. The Hall–Kier alpha value is -0.950. The van der Waals surface area contributed by atoms with Gasteiger partial charge in [-0.15, -0.1) is 0 Å². The lowest BCUT2D eigenvalue weighted by Gasteiger charge is -2.21. The van der Waals surface area contributed by atoms with Crippen LogP contribution in [0, 0.1) is 0 Å². The van der Waals surface area contributed by atoms with E-state index >= 15 is 0 Å². The highest BCUT2D eigenvalue weighted by Crippen LogP contribution is 2.15. The van der Waals surface area contributed by atoms with Crippen LogP contribution in [0.3, 0.4) is 0 Å². The first kappa shape index (κ1) is 60.1. The summed E-state index contributed by atoms with van der Waals surface area (Å²) in [5.74, 6) is -0.00741. The zero-order valence-electron chi connectivity index (χ0n) is 41.6. The Bertz CT molecular complexity index is 854. The van der Waals surface area contributed by atoms with Crippen molar-refractivity contribution in [3.05, 3.63) is 12.2 Å². The number of aliphatic hydroxyl groups excluding tert-OH is 2. The van der Waals surface area contributed by atoms with Gasteiger partial charge in [0.2, 0.25) is 0 Å². The fourth-order valence-corrected chi connectivity index (χ4v) is 8.78. The zero-order valence-corrected chi connectivity index (χ0v) is 41.6. The average molecular weight is 863 g/mol. The SMILES string of the molecule is CCCCCCCC/C=C\CCCCCCCCN(CCO)CCCCCCCCCCCOC(=O)CCCCCCCCCN(CCO)CCCCCCCCCCCC. The van der Waals surface area contributed by atoms with Gasteiger partial charge in [0.25, 0.3) is 0 Å². The fourth-order valence-electron chi connectivity index (χ4n) is 8.78. The molecule has 0 heterocycles. The van der Waals surface area contributed by atoms with Gasteiger partial charge in [-0.05, 0) is 90.4 Å². The minimum absolute atomic E-state index is 0.00741. The predicted octanol–water partition coefficient (Wildman–Crippen LogP) is 15.7. The molecule has 6 heteroatoms. The van der Waals surface area contributed by atoms with Gasteiger partial charge >= 0.3 is 5.97 Å². The fraction of sp³-hybridized carbons (Fsp3) is 0.945. The van der Waals surface area contributed by atoms with E-state index in [2.05, 4.69) is 35.8 Å². The van der Waals surface area contributed by atoms with Gasteiger partial charge in [0.1, 0.15) is 0 Å². The van der Waals surface area contributed by atoms with Crippen molar-refractivity contribution in [2.24, 2.45) is 0 Å². The van der Waals surface area contributed by atoms with Crippen molar-refractivity contribution in [3.63, 3.8) is 0 Å². The first-order valence-corrected chi connectivity index (χ1v) is 27.6. The van der Waals surface area contributed by atoms with Crippen molar-refractivity contribution in [3.8, 4) is 0 Å². The molecule has 0 aromatic rings. The third kappa shape index (κ3) is 49.9. The van der Waals surface area contributed by atoms with Crippen LogP contribution in [0.25, 0.3) is 0 Å². The second-order valence-electron chi connectivity index (χ2n) is 18.9. The molecule has 0 aromatic carbocycles. The molecule has 2 N–H and O–H groups in total. The second kappa shape index (κ2) is 53.4. The van der Waals surface area contributed by atoms with E-state index in [1.165, 1.54) is 231 Å². The van der Waals surface area contributed by atoms with Gasteiger partial charge in [-0.1, -0.05) is 219 Å². The Balaban J connectivity index is 3.51. The number of aliphatic hydroxyl groups is 2. The van der Waals surface area contributed by atoms with Gasteiger partial charge in [-0.2, -0.15) is 0 Å². The maximum atomic E-state index is 12.2. The number of nitrogens with zero attached hydrogens (tertiary/aromatic N) is 2. The summed E-state index contributed by atoms with van der Waals surface area (Å²) in [7, 11) is 0. The van der Waals surface area contributed by atoms with Crippen LogP contribution >= 0.6 is 0 Å². The molecule has 0 unspecified atom stereocenters. The molecule has 0 rings (SSSR count). The van der Waals surface area contributed by atoms with Crippen molar-refractivity contribution in [1.82, 2.24) is 9.80 Å². The number of ether oxygens (including phenoxy) is 1. The Kier molecular flexibility index (Phi) is 52.6. The first-order valence-electron chi connectivity index (χ1n) is 27.6. The smallest absolute Gasteiger partial charge is 0.305 e. The lowest BCUT2D eigenvalue weighted by molar-refractivity contribution is -0.143. The molecule has 0 aromatic heterocycles. The van der Waals surface area contributed by atoms with Crippen molar-refractivity contribution in [1.29, 1.82) is 0 Å². The monoisotopic (exact) mass is 863 g/mol. The van der Waals surface area contributed by atoms with Gasteiger partial charge in [-0.3, -0.25) is 4.79 Å². The summed E-state index contributed by atoms with van der Waals surface area (Å²) >= 11 is 0. The van der Waals surface area contributed by atoms with Crippen LogP contribution in [0.5, 0.6) is 0 Å². The van der Waals surface area contributed by atoms with Crippen LogP contribution in [-0.4, -0.2) is 85.1 Å². The Morgan fingerprint density at radius 1 is 0.361 bits per heavy atom. The van der Waals surface area contributed by atoms with Crippen LogP contribution in [0.15, 0.2) is 12.2 Å². The third-order valence-corrected chi connectivity index (χ3v) is 12.9. The number of unbranched alkanes of at least 4 members (excludes halogenated alkanes) is 35. The van der Waals surface area contributed by atoms with Crippen LogP contribution in [0.2, 0.25) is 0 Å². The quantitative estimate of drug-likeness (QED) is 0.0361. The number of rotatable bonds is 53. The summed E-state index contributed by atoms with van der Waals surface area (Å²) in [6, 6.07) is 0. The van der Waals surface area contributed by atoms with Gasteiger partial charge < -0.3 is 24.7 Å². The molecule has 0 saturated heterocycles. The highest BCUT2D eigenvalue weighted by Gasteiger charge is 2.07. The molecule has 0 aliphatic rings. The molecule has 0 bridgehead atoms. The molecule has 0 fully saturated rings. The van der Waals surface area contributed by atoms with E-state index in [1.54, 1.807) is 0 Å². The van der Waals surface area contributed by atoms with Crippen molar-refractivity contribution >= 4 is 5.97 Å². The van der Waals surface area contributed by atoms with E-state index in [0.717, 1.165) is 65.0 Å². The summed E-state index contributed by atoms with van der Waals surface area (Å²) in [6.45, 7) is 11.9. The highest BCUT2D eigenvalue weighted by molar-refractivity contribution is 5.69. The number of allylic oxidation sites excluding steroid dienone is 2. The minimum atomic E-state index is -0.00741. The molecule has 0 atom stereocenters. The summed E-state index contributed by atoms with van der Waals surface area (Å²) < 4.78 is 5.51. The predicted molar refractivity (Wildman–Crippen MR) is 268 cm³/mol. The van der Waals surface area contributed by atoms with Gasteiger partial charge in [-0.25, -0.2) is 0 Å². The maximum Gasteiger partial charge on any atom is 0.305 e. The van der Waals surface area contributed by atoms with Crippen LogP contribution in [0.1, 0.15) is 277 Å². The molecular weight excluding hydrogens is 753 g/mol. The lowest BCUT2D eigenvalue weighted by atomic mass is 10.1. The summed E-state index contributed by atoms with van der Waals surface area (Å²) in [4.78, 5) is 17.1. The summed E-state index contributed by atoms with van der Waals surface area (Å²) in [5.41, 5.74) is 0. The largest absolute Gasteiger partial charge is 0.466 e. The average Bonchev–Trinajstić information content (AvgIpc) is 3.26. The Morgan fingerprint density at radius 2 is 0.639 bits per heavy atom. The van der Waals surface area contributed by atoms with E-state index in [1.807, 2.05) is 0 Å². The van der Waals surface area contributed by atoms with Gasteiger partial charge in [0, 0.05) is 19.5 Å². The molecule has 0 amide bonds. The third-order valence-electron chi connectivity index (χ3n) is 12.9. The molecule has 0 saturated carbocycles. The summed E-state index contributed by atoms with van der Waals surface area (Å²) in [6.07, 6.45) is 57.6. The Morgan fingerprint density at radius 3 is 0.967 bits per heavy atom. The molecular formula is C55H110N2O4. The molecule has 6 nitrogen and oxygen atoms in total. The molecule has 364 valence electrons. The van der Waals surface area contributed by atoms with Crippen molar-refractivity contribution in [2.75, 3.05) is 59.1 Å².